The number of anilines is 1. The Hall–Kier alpha value is -1.58. The molecule has 1 heterocycles. The van der Waals surface area contributed by atoms with Crippen LogP contribution in [0.5, 0.6) is 0 Å². The Morgan fingerprint density at radius 1 is 1.44 bits per heavy atom. The number of nitrogens with one attached hydrogen (secondary N) is 1. The number of aromatic nitrogens is 1. The van der Waals surface area contributed by atoms with Crippen LogP contribution in [0.25, 0.3) is 0 Å². The lowest BCUT2D eigenvalue weighted by molar-refractivity contribution is 0.0697. The fraction of sp³-hybridized carbons (Fsp3) is 0.571. The highest BCUT2D eigenvalue weighted by molar-refractivity contribution is 5.93. The van der Waals surface area contributed by atoms with E-state index in [9.17, 15) is 4.79 Å². The number of pyridine rings is 1. The zero-order valence-electron chi connectivity index (χ0n) is 11.0. The van der Waals surface area contributed by atoms with Gasteiger partial charge in [0.1, 0.15) is 11.4 Å². The monoisotopic (exact) mass is 248 g/mol. The Morgan fingerprint density at radius 3 is 2.72 bits per heavy atom. The second-order valence-electron chi connectivity index (χ2n) is 5.53. The van der Waals surface area contributed by atoms with E-state index in [1.807, 2.05) is 6.92 Å². The number of carbonyl (C=O) groups is 1. The molecule has 1 saturated carbocycles. The van der Waals surface area contributed by atoms with Crippen molar-refractivity contribution in [1.82, 2.24) is 4.98 Å². The summed E-state index contributed by atoms with van der Waals surface area (Å²) in [5.41, 5.74) is 1.36. The number of nitrogens with zero attached hydrogens (tertiary/aromatic N) is 1. The van der Waals surface area contributed by atoms with Crippen molar-refractivity contribution >= 4 is 11.8 Å². The largest absolute Gasteiger partial charge is 0.478 e. The first-order chi connectivity index (χ1) is 8.50. The van der Waals surface area contributed by atoms with Crippen LogP contribution in [0.1, 0.15) is 48.7 Å². The SMILES string of the molecule is Cc1ccc(C(=O)O)c(NCC2(C)CCCC2)n1. The molecule has 0 radical (unpaired) electrons. The van der Waals surface area contributed by atoms with Crippen molar-refractivity contribution in [1.29, 1.82) is 0 Å². The number of aryl methyl sites for hydroxylation is 1. The van der Waals surface area contributed by atoms with Crippen LogP contribution < -0.4 is 5.32 Å². The molecule has 0 amide bonds. The van der Waals surface area contributed by atoms with E-state index in [0.29, 0.717) is 5.82 Å². The summed E-state index contributed by atoms with van der Waals surface area (Å²) in [6.45, 7) is 4.92. The van der Waals surface area contributed by atoms with Gasteiger partial charge in [0, 0.05) is 12.2 Å². The van der Waals surface area contributed by atoms with E-state index in [1.165, 1.54) is 25.7 Å². The Bertz CT molecular complexity index is 451. The van der Waals surface area contributed by atoms with E-state index in [1.54, 1.807) is 12.1 Å². The second kappa shape index (κ2) is 4.96. The predicted molar refractivity (Wildman–Crippen MR) is 71.0 cm³/mol. The molecule has 0 aliphatic heterocycles. The van der Waals surface area contributed by atoms with E-state index in [2.05, 4.69) is 17.2 Å². The van der Waals surface area contributed by atoms with Crippen LogP contribution in [0.3, 0.4) is 0 Å². The highest BCUT2D eigenvalue weighted by atomic mass is 16.4. The van der Waals surface area contributed by atoms with Gasteiger partial charge >= 0.3 is 5.97 Å². The van der Waals surface area contributed by atoms with Gasteiger partial charge in [-0.1, -0.05) is 19.8 Å². The van der Waals surface area contributed by atoms with Crippen LogP contribution in [-0.4, -0.2) is 22.6 Å². The van der Waals surface area contributed by atoms with Crippen LogP contribution in [0.15, 0.2) is 12.1 Å². The topological polar surface area (TPSA) is 62.2 Å². The van der Waals surface area contributed by atoms with Gasteiger partial charge in [-0.15, -0.1) is 0 Å². The molecule has 18 heavy (non-hydrogen) atoms. The van der Waals surface area contributed by atoms with Gasteiger partial charge in [0.2, 0.25) is 0 Å². The van der Waals surface area contributed by atoms with E-state index in [4.69, 9.17) is 5.11 Å². The zero-order chi connectivity index (χ0) is 13.2. The van der Waals surface area contributed by atoms with Crippen molar-refractivity contribution in [2.75, 3.05) is 11.9 Å². The first-order valence-electron chi connectivity index (χ1n) is 6.45. The molecule has 0 bridgehead atoms. The molecule has 4 nitrogen and oxygen atoms in total. The summed E-state index contributed by atoms with van der Waals surface area (Å²) in [6.07, 6.45) is 4.94. The quantitative estimate of drug-likeness (QED) is 0.859. The van der Waals surface area contributed by atoms with E-state index in [-0.39, 0.29) is 11.0 Å². The maximum Gasteiger partial charge on any atom is 0.339 e. The molecule has 1 aliphatic carbocycles. The Kier molecular flexibility index (Phi) is 3.55. The van der Waals surface area contributed by atoms with Crippen molar-refractivity contribution in [3.63, 3.8) is 0 Å². The number of hydrogen-bond acceptors (Lipinski definition) is 3. The number of aromatic carboxylic acids is 1. The van der Waals surface area contributed by atoms with Gasteiger partial charge in [-0.2, -0.15) is 0 Å². The van der Waals surface area contributed by atoms with E-state index in [0.717, 1.165) is 12.2 Å². The number of carboxylic acid groups (broad SMARTS) is 1. The number of rotatable bonds is 4. The zero-order valence-corrected chi connectivity index (χ0v) is 11.0. The normalized spacial score (nSPS) is 17.7. The highest BCUT2D eigenvalue weighted by Crippen LogP contribution is 2.37. The molecular weight excluding hydrogens is 228 g/mol. The summed E-state index contributed by atoms with van der Waals surface area (Å²) in [4.78, 5) is 15.4. The van der Waals surface area contributed by atoms with Gasteiger partial charge in [0.05, 0.1) is 0 Å². The second-order valence-corrected chi connectivity index (χ2v) is 5.53. The fourth-order valence-electron chi connectivity index (χ4n) is 2.57. The molecule has 1 aliphatic rings. The molecule has 0 unspecified atom stereocenters. The molecular formula is C14H20N2O2. The summed E-state index contributed by atoms with van der Waals surface area (Å²) in [5, 5.41) is 12.4. The summed E-state index contributed by atoms with van der Waals surface area (Å²) < 4.78 is 0. The summed E-state index contributed by atoms with van der Waals surface area (Å²) in [7, 11) is 0. The molecule has 98 valence electrons. The molecule has 2 N–H and O–H groups in total. The maximum absolute atomic E-state index is 11.1. The third-order valence-corrected chi connectivity index (χ3v) is 3.76. The molecule has 4 heteroatoms. The number of carboxylic acids is 1. The van der Waals surface area contributed by atoms with Gasteiger partial charge < -0.3 is 10.4 Å². The average Bonchev–Trinajstić information content (AvgIpc) is 2.74. The lowest BCUT2D eigenvalue weighted by Crippen LogP contribution is -2.24. The predicted octanol–water partition coefficient (Wildman–Crippen LogP) is 3.08. The smallest absolute Gasteiger partial charge is 0.339 e. The lowest BCUT2D eigenvalue weighted by Gasteiger charge is -2.24. The summed E-state index contributed by atoms with van der Waals surface area (Å²) in [6, 6.07) is 3.34. The van der Waals surface area contributed by atoms with Crippen molar-refractivity contribution in [3.05, 3.63) is 23.4 Å². The Labute approximate surface area is 107 Å². The van der Waals surface area contributed by atoms with Crippen molar-refractivity contribution < 1.29 is 9.90 Å². The van der Waals surface area contributed by atoms with Gasteiger partial charge in [-0.3, -0.25) is 0 Å². The molecule has 0 spiro atoms. The minimum absolute atomic E-state index is 0.252. The number of hydrogen-bond donors (Lipinski definition) is 2. The van der Waals surface area contributed by atoms with Crippen LogP contribution in [0.4, 0.5) is 5.82 Å². The summed E-state index contributed by atoms with van der Waals surface area (Å²) >= 11 is 0. The highest BCUT2D eigenvalue weighted by Gasteiger charge is 2.28. The molecule has 2 rings (SSSR count). The Morgan fingerprint density at radius 2 is 2.11 bits per heavy atom. The molecule has 1 aromatic heterocycles. The fourth-order valence-corrected chi connectivity index (χ4v) is 2.57. The minimum Gasteiger partial charge on any atom is -0.478 e. The van der Waals surface area contributed by atoms with E-state index >= 15 is 0 Å². The standard InChI is InChI=1S/C14H20N2O2/c1-10-5-6-11(13(17)18)12(16-10)15-9-14(2)7-3-4-8-14/h5-6H,3-4,7-9H2,1-2H3,(H,15,16)(H,17,18). The molecule has 1 fully saturated rings. The van der Waals surface area contributed by atoms with Crippen LogP contribution in [-0.2, 0) is 0 Å². The maximum atomic E-state index is 11.1. The third kappa shape index (κ3) is 2.81. The molecule has 0 aromatic carbocycles. The lowest BCUT2D eigenvalue weighted by atomic mass is 9.89. The first kappa shape index (κ1) is 12.9. The van der Waals surface area contributed by atoms with Crippen LogP contribution >= 0.6 is 0 Å². The Balaban J connectivity index is 2.12. The summed E-state index contributed by atoms with van der Waals surface area (Å²) in [5.74, 6) is -0.433. The van der Waals surface area contributed by atoms with E-state index < -0.39 is 5.97 Å². The minimum atomic E-state index is -0.929. The van der Waals surface area contributed by atoms with Crippen molar-refractivity contribution in [2.24, 2.45) is 5.41 Å². The van der Waals surface area contributed by atoms with Crippen molar-refractivity contribution in [2.45, 2.75) is 39.5 Å². The average molecular weight is 248 g/mol. The molecule has 0 atom stereocenters. The van der Waals surface area contributed by atoms with Crippen LogP contribution in [0, 0.1) is 12.3 Å². The molecule has 1 aromatic rings. The van der Waals surface area contributed by atoms with Gasteiger partial charge in [0.25, 0.3) is 0 Å². The molecule has 0 saturated heterocycles. The van der Waals surface area contributed by atoms with Crippen LogP contribution in [0.2, 0.25) is 0 Å². The third-order valence-electron chi connectivity index (χ3n) is 3.76. The first-order valence-corrected chi connectivity index (χ1v) is 6.45. The van der Waals surface area contributed by atoms with Gasteiger partial charge in [-0.25, -0.2) is 9.78 Å². The van der Waals surface area contributed by atoms with Gasteiger partial charge in [0.15, 0.2) is 0 Å². The van der Waals surface area contributed by atoms with Crippen molar-refractivity contribution in [3.8, 4) is 0 Å². The van der Waals surface area contributed by atoms with Gasteiger partial charge in [-0.05, 0) is 37.3 Å².